The number of aryl methyl sites for hydroxylation is 1. The van der Waals surface area contributed by atoms with E-state index in [0.29, 0.717) is 6.54 Å². The summed E-state index contributed by atoms with van der Waals surface area (Å²) in [6.45, 7) is 10.8. The molecule has 178 valence electrons. The number of carbonyl (C=O) groups is 2. The lowest BCUT2D eigenvalue weighted by Crippen LogP contribution is -2.46. The number of ether oxygens (including phenoxy) is 1. The van der Waals surface area contributed by atoms with Crippen LogP contribution < -0.4 is 15.5 Å². The molecule has 0 bridgehead atoms. The Morgan fingerprint density at radius 2 is 1.91 bits per heavy atom. The van der Waals surface area contributed by atoms with Crippen molar-refractivity contribution in [3.63, 3.8) is 0 Å². The number of amides is 2. The quantitative estimate of drug-likeness (QED) is 0.639. The second-order valence-corrected chi connectivity index (χ2v) is 8.94. The number of nitrogens with zero attached hydrogens (tertiary/aromatic N) is 3. The molecule has 2 N–H and O–H groups in total. The van der Waals surface area contributed by atoms with Crippen LogP contribution in [0.1, 0.15) is 38.2 Å². The van der Waals surface area contributed by atoms with Crippen molar-refractivity contribution in [2.45, 2.75) is 45.6 Å². The van der Waals surface area contributed by atoms with Crippen LogP contribution in [-0.4, -0.2) is 73.7 Å². The first-order chi connectivity index (χ1) is 16.0. The third kappa shape index (κ3) is 6.21. The van der Waals surface area contributed by atoms with Crippen LogP contribution in [0.2, 0.25) is 0 Å². The van der Waals surface area contributed by atoms with Crippen LogP contribution in [-0.2, 0) is 14.3 Å². The highest BCUT2D eigenvalue weighted by atomic mass is 16.5. The lowest BCUT2D eigenvalue weighted by molar-refractivity contribution is -0.124. The van der Waals surface area contributed by atoms with Gasteiger partial charge in [0.1, 0.15) is 5.82 Å². The standard InChI is InChI=1S/C25H35N5O3/c1-3-29-10-12-30(13-11-29)23-15-18(2)21-16-19(6-7-22(21)28-23)27-25(32)9-8-24(31)26-17-20-5-4-14-33-20/h6-7,15-16,20H,3-5,8-14,17H2,1-2H3,(H,26,31)(H,27,32). The fraction of sp³-hybridized carbons (Fsp3) is 0.560. The summed E-state index contributed by atoms with van der Waals surface area (Å²) in [6, 6.07) is 7.93. The zero-order chi connectivity index (χ0) is 23.2. The molecule has 0 saturated carbocycles. The molecule has 1 atom stereocenters. The fourth-order valence-corrected chi connectivity index (χ4v) is 4.48. The van der Waals surface area contributed by atoms with E-state index in [9.17, 15) is 9.59 Å². The zero-order valence-electron chi connectivity index (χ0n) is 19.7. The average molecular weight is 454 g/mol. The first kappa shape index (κ1) is 23.4. The van der Waals surface area contributed by atoms with Crippen LogP contribution in [0.15, 0.2) is 24.3 Å². The van der Waals surface area contributed by atoms with Gasteiger partial charge in [0.25, 0.3) is 0 Å². The molecule has 2 aromatic rings. The van der Waals surface area contributed by atoms with Crippen LogP contribution in [0, 0.1) is 6.92 Å². The van der Waals surface area contributed by atoms with Crippen molar-refractivity contribution in [1.82, 2.24) is 15.2 Å². The minimum Gasteiger partial charge on any atom is -0.376 e. The number of rotatable bonds is 8. The van der Waals surface area contributed by atoms with E-state index in [-0.39, 0.29) is 30.8 Å². The molecule has 0 spiro atoms. The first-order valence-corrected chi connectivity index (χ1v) is 12.1. The molecule has 1 unspecified atom stereocenters. The Kier molecular flexibility index (Phi) is 7.77. The maximum atomic E-state index is 12.4. The minimum absolute atomic E-state index is 0.110. The van der Waals surface area contributed by atoms with Crippen molar-refractivity contribution >= 4 is 34.2 Å². The van der Waals surface area contributed by atoms with Gasteiger partial charge < -0.3 is 25.2 Å². The monoisotopic (exact) mass is 453 g/mol. The molecule has 2 aliphatic heterocycles. The molecule has 8 heteroatoms. The summed E-state index contributed by atoms with van der Waals surface area (Å²) in [6.07, 6.45) is 2.45. The maximum Gasteiger partial charge on any atom is 0.224 e. The van der Waals surface area contributed by atoms with Crippen molar-refractivity contribution in [2.24, 2.45) is 0 Å². The molecule has 0 radical (unpaired) electrons. The van der Waals surface area contributed by atoms with Crippen molar-refractivity contribution in [1.29, 1.82) is 0 Å². The van der Waals surface area contributed by atoms with Gasteiger partial charge in [0, 0.05) is 63.2 Å². The number of piperazine rings is 1. The second kappa shape index (κ2) is 10.9. The Balaban J connectivity index is 1.31. The average Bonchev–Trinajstić information content (AvgIpc) is 3.35. The van der Waals surface area contributed by atoms with E-state index in [1.807, 2.05) is 18.2 Å². The van der Waals surface area contributed by atoms with Gasteiger partial charge in [-0.25, -0.2) is 4.98 Å². The van der Waals surface area contributed by atoms with Gasteiger partial charge in [0.15, 0.2) is 0 Å². The largest absolute Gasteiger partial charge is 0.376 e. The summed E-state index contributed by atoms with van der Waals surface area (Å²) in [5.41, 5.74) is 2.79. The summed E-state index contributed by atoms with van der Waals surface area (Å²) in [7, 11) is 0. The number of fused-ring (bicyclic) bond motifs is 1. The number of likely N-dealkylation sites (N-methyl/N-ethyl adjacent to an activating group) is 1. The number of hydrogen-bond donors (Lipinski definition) is 2. The van der Waals surface area contributed by atoms with Crippen molar-refractivity contribution in [3.8, 4) is 0 Å². The SMILES string of the molecule is CCN1CCN(c2cc(C)c3cc(NC(=O)CCC(=O)NCC4CCCO4)ccc3n2)CC1. The molecule has 2 aliphatic rings. The van der Waals surface area contributed by atoms with Crippen molar-refractivity contribution in [2.75, 3.05) is 56.1 Å². The van der Waals surface area contributed by atoms with Crippen LogP contribution in [0.5, 0.6) is 0 Å². The highest BCUT2D eigenvalue weighted by Gasteiger charge is 2.18. The Morgan fingerprint density at radius 1 is 1.12 bits per heavy atom. The molecule has 8 nitrogen and oxygen atoms in total. The van der Waals surface area contributed by atoms with Gasteiger partial charge in [-0.05, 0) is 56.1 Å². The first-order valence-electron chi connectivity index (χ1n) is 12.1. The molecule has 33 heavy (non-hydrogen) atoms. The van der Waals surface area contributed by atoms with E-state index in [2.05, 4.69) is 40.3 Å². The van der Waals surface area contributed by atoms with Crippen molar-refractivity contribution in [3.05, 3.63) is 29.8 Å². The van der Waals surface area contributed by atoms with E-state index in [1.165, 1.54) is 0 Å². The summed E-state index contributed by atoms with van der Waals surface area (Å²) in [5.74, 6) is 0.728. The molecule has 4 rings (SSSR count). The molecular weight excluding hydrogens is 418 g/mol. The number of anilines is 2. The Hall–Kier alpha value is -2.71. The van der Waals surface area contributed by atoms with Gasteiger partial charge in [-0.1, -0.05) is 6.92 Å². The number of aromatic nitrogens is 1. The number of nitrogens with one attached hydrogen (secondary N) is 2. The van der Waals surface area contributed by atoms with E-state index < -0.39 is 0 Å². The van der Waals surface area contributed by atoms with Crippen LogP contribution in [0.3, 0.4) is 0 Å². The number of carbonyl (C=O) groups excluding carboxylic acids is 2. The summed E-state index contributed by atoms with van der Waals surface area (Å²) >= 11 is 0. The molecule has 3 heterocycles. The molecule has 2 fully saturated rings. The third-order valence-electron chi connectivity index (χ3n) is 6.56. The highest BCUT2D eigenvalue weighted by Crippen LogP contribution is 2.26. The third-order valence-corrected chi connectivity index (χ3v) is 6.56. The van der Waals surface area contributed by atoms with E-state index in [1.54, 1.807) is 0 Å². The normalized spacial score (nSPS) is 19.1. The fourth-order valence-electron chi connectivity index (χ4n) is 4.48. The Labute approximate surface area is 195 Å². The second-order valence-electron chi connectivity index (χ2n) is 8.94. The van der Waals surface area contributed by atoms with E-state index in [0.717, 1.165) is 80.1 Å². The van der Waals surface area contributed by atoms with E-state index in [4.69, 9.17) is 9.72 Å². The maximum absolute atomic E-state index is 12.4. The van der Waals surface area contributed by atoms with Crippen LogP contribution in [0.4, 0.5) is 11.5 Å². The Morgan fingerprint density at radius 3 is 2.64 bits per heavy atom. The molecule has 2 amide bonds. The predicted octanol–water partition coefficient (Wildman–Crippen LogP) is 2.70. The minimum atomic E-state index is -0.169. The number of hydrogen-bond acceptors (Lipinski definition) is 6. The lowest BCUT2D eigenvalue weighted by Gasteiger charge is -2.35. The zero-order valence-corrected chi connectivity index (χ0v) is 19.7. The van der Waals surface area contributed by atoms with Gasteiger partial charge in [0.05, 0.1) is 11.6 Å². The predicted molar refractivity (Wildman–Crippen MR) is 131 cm³/mol. The van der Waals surface area contributed by atoms with Gasteiger partial charge in [-0.15, -0.1) is 0 Å². The molecule has 1 aromatic carbocycles. The highest BCUT2D eigenvalue weighted by molar-refractivity contribution is 5.96. The summed E-state index contributed by atoms with van der Waals surface area (Å²) in [5, 5.41) is 6.80. The summed E-state index contributed by atoms with van der Waals surface area (Å²) in [4.78, 5) is 34.1. The Bertz CT molecular complexity index is 981. The van der Waals surface area contributed by atoms with Crippen LogP contribution in [0.25, 0.3) is 10.9 Å². The van der Waals surface area contributed by atoms with E-state index >= 15 is 0 Å². The van der Waals surface area contributed by atoms with Gasteiger partial charge in [0.2, 0.25) is 11.8 Å². The molecular formula is C25H35N5O3. The van der Waals surface area contributed by atoms with Crippen LogP contribution >= 0.6 is 0 Å². The number of pyridine rings is 1. The number of benzene rings is 1. The molecule has 0 aliphatic carbocycles. The van der Waals surface area contributed by atoms with Crippen molar-refractivity contribution < 1.29 is 14.3 Å². The van der Waals surface area contributed by atoms with Gasteiger partial charge in [-0.2, -0.15) is 0 Å². The van der Waals surface area contributed by atoms with Gasteiger partial charge in [-0.3, -0.25) is 9.59 Å². The molecule has 2 saturated heterocycles. The van der Waals surface area contributed by atoms with Gasteiger partial charge >= 0.3 is 0 Å². The topological polar surface area (TPSA) is 86.8 Å². The lowest BCUT2D eigenvalue weighted by atomic mass is 10.1. The molecule has 1 aromatic heterocycles. The summed E-state index contributed by atoms with van der Waals surface area (Å²) < 4.78 is 5.50. The smallest absolute Gasteiger partial charge is 0.224 e.